The minimum absolute atomic E-state index is 0.0299. The van der Waals surface area contributed by atoms with E-state index in [0.29, 0.717) is 6.42 Å². The number of Topliss-reactive ketones (excluding diaryl/α,β-unsaturated/α-hetero) is 1. The predicted octanol–water partition coefficient (Wildman–Crippen LogP) is 2.17. The normalized spacial score (nSPS) is 58.8. The van der Waals surface area contributed by atoms with Gasteiger partial charge in [-0.25, -0.2) is 4.79 Å². The smallest absolute Gasteiger partial charge is 0.341 e. The summed E-state index contributed by atoms with van der Waals surface area (Å²) in [7, 11) is 0. The quantitative estimate of drug-likeness (QED) is 0.218. The third-order valence-corrected chi connectivity index (χ3v) is 15.7. The molecule has 3 aliphatic heterocycles. The van der Waals surface area contributed by atoms with Gasteiger partial charge in [-0.2, -0.15) is 0 Å². The summed E-state index contributed by atoms with van der Waals surface area (Å²) >= 11 is 0. The molecule has 3 N–H and O–H groups in total. The van der Waals surface area contributed by atoms with Crippen molar-refractivity contribution in [2.75, 3.05) is 0 Å². The molecule has 8 rings (SSSR count). The maximum atomic E-state index is 14.2. The summed E-state index contributed by atoms with van der Waals surface area (Å²) in [5.74, 6) is -7.79. The molecule has 49 heavy (non-hydrogen) atoms. The Balaban J connectivity index is 1.38. The molecule has 0 aromatic rings. The first-order chi connectivity index (χ1) is 22.7. The van der Waals surface area contributed by atoms with Crippen molar-refractivity contribution in [2.24, 2.45) is 69.5 Å². The Morgan fingerprint density at radius 3 is 2.24 bits per heavy atom. The first-order valence-electron chi connectivity index (χ1n) is 18.3. The fourth-order valence-corrected chi connectivity index (χ4v) is 13.7. The van der Waals surface area contributed by atoms with Crippen molar-refractivity contribution in [2.45, 2.75) is 136 Å². The molecule has 0 aromatic carbocycles. The molecule has 20 atom stereocenters. The number of hydrogen-bond acceptors (Lipinski definition) is 12. The minimum Gasteiger partial charge on any atom is -0.462 e. The van der Waals surface area contributed by atoms with E-state index in [0.717, 1.165) is 0 Å². The van der Waals surface area contributed by atoms with Crippen LogP contribution in [0.1, 0.15) is 81.6 Å². The van der Waals surface area contributed by atoms with Gasteiger partial charge in [0, 0.05) is 30.6 Å². The summed E-state index contributed by atoms with van der Waals surface area (Å²) < 4.78 is 31.1. The van der Waals surface area contributed by atoms with Crippen molar-refractivity contribution in [3.05, 3.63) is 0 Å². The maximum absolute atomic E-state index is 14.2. The van der Waals surface area contributed by atoms with Crippen LogP contribution >= 0.6 is 0 Å². The average Bonchev–Trinajstić information content (AvgIpc) is 3.90. The van der Waals surface area contributed by atoms with Gasteiger partial charge in [-0.05, 0) is 75.0 Å². The molecular weight excluding hydrogens is 636 g/mol. The number of esters is 3. The number of epoxide rings is 2. The van der Waals surface area contributed by atoms with Crippen LogP contribution in [-0.4, -0.2) is 93.1 Å². The summed E-state index contributed by atoms with van der Waals surface area (Å²) in [5.41, 5.74) is -5.72. The highest BCUT2D eigenvalue weighted by Gasteiger charge is 2.93. The molecule has 12 heteroatoms. The highest BCUT2D eigenvalue weighted by molar-refractivity contribution is 5.85. The van der Waals surface area contributed by atoms with Crippen LogP contribution in [0.5, 0.6) is 0 Å². The number of fused-ring (bicyclic) bond motifs is 9. The number of aliphatic hydroxyl groups excluding tert-OH is 2. The van der Waals surface area contributed by atoms with Crippen LogP contribution in [0.15, 0.2) is 0 Å². The van der Waals surface area contributed by atoms with E-state index >= 15 is 0 Å². The second-order valence-corrected chi connectivity index (χ2v) is 18.0. The van der Waals surface area contributed by atoms with E-state index in [-0.39, 0.29) is 36.6 Å². The molecule has 0 radical (unpaired) electrons. The van der Waals surface area contributed by atoms with Crippen molar-refractivity contribution in [3.63, 3.8) is 0 Å². The van der Waals surface area contributed by atoms with E-state index in [1.165, 1.54) is 20.8 Å². The molecule has 0 bridgehead atoms. The van der Waals surface area contributed by atoms with Crippen LogP contribution < -0.4 is 0 Å². The van der Waals surface area contributed by atoms with E-state index in [1.807, 2.05) is 34.6 Å². The number of ketones is 1. The van der Waals surface area contributed by atoms with Gasteiger partial charge in [0.1, 0.15) is 30.2 Å². The lowest BCUT2D eigenvalue weighted by Crippen LogP contribution is -2.71. The summed E-state index contributed by atoms with van der Waals surface area (Å²) in [6.45, 7) is 15.8. The van der Waals surface area contributed by atoms with E-state index in [1.54, 1.807) is 6.92 Å². The lowest BCUT2D eigenvalue weighted by Gasteiger charge is -2.65. The summed E-state index contributed by atoms with van der Waals surface area (Å²) in [5, 5.41) is 36.7. The number of rotatable bonds is 5. The van der Waals surface area contributed by atoms with Crippen LogP contribution in [0.3, 0.4) is 0 Å². The molecule has 3 saturated heterocycles. The van der Waals surface area contributed by atoms with Crippen LogP contribution in [-0.2, 0) is 42.9 Å². The minimum atomic E-state index is -2.03. The average molecular weight is 689 g/mol. The third-order valence-electron chi connectivity index (χ3n) is 15.7. The molecule has 8 aliphatic rings. The van der Waals surface area contributed by atoms with Gasteiger partial charge in [-0.1, -0.05) is 34.6 Å². The van der Waals surface area contributed by atoms with Crippen LogP contribution in [0, 0.1) is 69.5 Å². The Morgan fingerprint density at radius 1 is 0.959 bits per heavy atom. The second-order valence-electron chi connectivity index (χ2n) is 18.0. The topological polar surface area (TPSA) is 182 Å². The zero-order chi connectivity index (χ0) is 35.7. The molecule has 5 aliphatic carbocycles. The zero-order valence-corrected chi connectivity index (χ0v) is 29.9. The van der Waals surface area contributed by atoms with Crippen molar-refractivity contribution in [1.29, 1.82) is 0 Å². The van der Waals surface area contributed by atoms with Gasteiger partial charge in [-0.15, -0.1) is 0 Å². The first kappa shape index (κ1) is 34.0. The highest BCUT2D eigenvalue weighted by atomic mass is 16.8. The third kappa shape index (κ3) is 3.73. The van der Waals surface area contributed by atoms with Crippen LogP contribution in [0.4, 0.5) is 0 Å². The fraction of sp³-hybridized carbons (Fsp3) is 0.892. The van der Waals surface area contributed by atoms with Crippen LogP contribution in [0.2, 0.25) is 0 Å². The zero-order valence-electron chi connectivity index (χ0n) is 29.9. The summed E-state index contributed by atoms with van der Waals surface area (Å²) in [4.78, 5) is 54.5. The monoisotopic (exact) mass is 688 g/mol. The Hall–Kier alpha value is -2.12. The van der Waals surface area contributed by atoms with Crippen molar-refractivity contribution in [3.8, 4) is 0 Å². The Labute approximate surface area is 286 Å². The molecule has 5 saturated carbocycles. The van der Waals surface area contributed by atoms with Gasteiger partial charge in [0.25, 0.3) is 0 Å². The molecule has 0 aromatic heterocycles. The predicted molar refractivity (Wildman–Crippen MR) is 168 cm³/mol. The second kappa shape index (κ2) is 10.1. The summed E-state index contributed by atoms with van der Waals surface area (Å²) in [6, 6.07) is 0. The van der Waals surface area contributed by atoms with E-state index < -0.39 is 124 Å². The van der Waals surface area contributed by atoms with Gasteiger partial charge in [0.15, 0.2) is 5.60 Å². The Bertz CT molecular complexity index is 1510. The lowest BCUT2D eigenvalue weighted by molar-refractivity contribution is -0.250. The Kier molecular flexibility index (Phi) is 6.97. The van der Waals surface area contributed by atoms with E-state index in [2.05, 4.69) is 0 Å². The largest absolute Gasteiger partial charge is 0.462 e. The molecule has 1 spiro atoms. The van der Waals surface area contributed by atoms with Crippen molar-refractivity contribution < 1.29 is 58.2 Å². The van der Waals surface area contributed by atoms with Crippen molar-refractivity contribution in [1.82, 2.24) is 0 Å². The number of hydrogen-bond donors (Lipinski definition) is 3. The lowest BCUT2D eigenvalue weighted by atomic mass is 9.39. The number of aliphatic hydroxyl groups is 3. The molecule has 2 unspecified atom stereocenters. The standard InChI is InChI=1S/C37H52O12/c1-13(2)10-22(40)47-29-25-23-19(36(16(5)38)18(14(3)27(23)41)11-20-28(46-20)30(36)42)12-21(45-17(6)39)33(25,7)24-15(4)31-37(48-31)34(8,26(24)29)35(9,44)32(43)49-37/h13-15,18-21,23-31,41-42,44H,10-12H2,1-9H3/t14-,15-,18+,19?,20-,21-,23?,24-,25+,26-,27-,28-,29+,30-,31+,33+,34-,35+,36-,37-/m0/s1. The van der Waals surface area contributed by atoms with Gasteiger partial charge in [0.05, 0.1) is 29.1 Å². The molecule has 3 heterocycles. The molecule has 8 fully saturated rings. The first-order valence-corrected chi connectivity index (χ1v) is 18.3. The van der Waals surface area contributed by atoms with Gasteiger partial charge < -0.3 is 39.0 Å². The van der Waals surface area contributed by atoms with Crippen molar-refractivity contribution >= 4 is 23.7 Å². The molecule has 0 amide bonds. The fourth-order valence-electron chi connectivity index (χ4n) is 13.7. The van der Waals surface area contributed by atoms with Gasteiger partial charge in [-0.3, -0.25) is 14.4 Å². The number of ether oxygens (including phenoxy) is 5. The molecule has 12 nitrogen and oxygen atoms in total. The number of carbonyl (C=O) groups excluding carboxylic acids is 4. The SMILES string of the molecule is CC(=O)O[C@H]1CC2C([C@@H](O)[C@@H](C)[C@H]3C[C@@H]4O[C@@H]4[C@H](O)[C@]23C(C)=O)[C@@H]2[C@@H](OC(=O)CC(C)C)[C@@H]3[C@H]([C@H](C)[C@H]4O[C@]45OC(=O)[C@@](C)(O)[C@]35C)[C@@]12C. The highest BCUT2D eigenvalue weighted by Crippen LogP contribution is 2.81. The molecular formula is C37H52O12. The summed E-state index contributed by atoms with van der Waals surface area (Å²) in [6.07, 6.45) is -4.36. The van der Waals surface area contributed by atoms with Gasteiger partial charge in [0.2, 0.25) is 5.79 Å². The Morgan fingerprint density at radius 2 is 1.63 bits per heavy atom. The molecule has 272 valence electrons. The van der Waals surface area contributed by atoms with Crippen LogP contribution in [0.25, 0.3) is 0 Å². The number of carbonyl (C=O) groups is 4. The van der Waals surface area contributed by atoms with E-state index in [9.17, 15) is 34.5 Å². The maximum Gasteiger partial charge on any atom is 0.341 e. The van der Waals surface area contributed by atoms with E-state index in [4.69, 9.17) is 23.7 Å². The van der Waals surface area contributed by atoms with Gasteiger partial charge >= 0.3 is 17.9 Å².